The van der Waals surface area contributed by atoms with Gasteiger partial charge in [-0.05, 0) is 26.7 Å². The highest BCUT2D eigenvalue weighted by Gasteiger charge is 2.39. The van der Waals surface area contributed by atoms with E-state index < -0.39 is 0 Å². The monoisotopic (exact) mass is 142 g/mol. The molecule has 1 saturated carbocycles. The van der Waals surface area contributed by atoms with E-state index in [0.29, 0.717) is 0 Å². The summed E-state index contributed by atoms with van der Waals surface area (Å²) in [6.07, 6.45) is 4.61. The van der Waals surface area contributed by atoms with Crippen LogP contribution in [-0.4, -0.2) is 11.1 Å². The van der Waals surface area contributed by atoms with Gasteiger partial charge in [0.05, 0.1) is 0 Å². The average Bonchev–Trinajstić information content (AvgIpc) is 1.77. The molecular weight excluding hydrogens is 124 g/mol. The summed E-state index contributed by atoms with van der Waals surface area (Å²) in [6, 6.07) is 0. The standard InChI is InChI=1S/C8H18N2/c1-7(9)5-3-4-6-8(7,2)10/h3-6,9-10H2,1-2H3/t7-,8?/m1/s1. The van der Waals surface area contributed by atoms with Crippen LogP contribution < -0.4 is 11.5 Å². The lowest BCUT2D eigenvalue weighted by Gasteiger charge is -2.45. The smallest absolute Gasteiger partial charge is 0.0305 e. The van der Waals surface area contributed by atoms with E-state index in [9.17, 15) is 0 Å². The van der Waals surface area contributed by atoms with Crippen molar-refractivity contribution >= 4 is 0 Å². The fourth-order valence-electron chi connectivity index (χ4n) is 1.56. The molecule has 1 unspecified atom stereocenters. The zero-order chi connectivity index (χ0) is 7.83. The molecule has 0 amide bonds. The van der Waals surface area contributed by atoms with Gasteiger partial charge in [-0.1, -0.05) is 12.8 Å². The fraction of sp³-hybridized carbons (Fsp3) is 1.00. The number of rotatable bonds is 0. The maximum Gasteiger partial charge on any atom is 0.0305 e. The number of hydrogen-bond donors (Lipinski definition) is 2. The molecule has 1 aliphatic carbocycles. The minimum absolute atomic E-state index is 0.148. The molecule has 10 heavy (non-hydrogen) atoms. The van der Waals surface area contributed by atoms with Crippen LogP contribution in [0.1, 0.15) is 39.5 Å². The maximum atomic E-state index is 6.03. The predicted octanol–water partition coefficient (Wildman–Crippen LogP) is 0.995. The van der Waals surface area contributed by atoms with Gasteiger partial charge in [0.2, 0.25) is 0 Å². The van der Waals surface area contributed by atoms with Crippen LogP contribution in [0.5, 0.6) is 0 Å². The van der Waals surface area contributed by atoms with E-state index in [-0.39, 0.29) is 11.1 Å². The Hall–Kier alpha value is -0.0800. The van der Waals surface area contributed by atoms with E-state index in [1.54, 1.807) is 0 Å². The lowest BCUT2D eigenvalue weighted by Crippen LogP contribution is -2.63. The summed E-state index contributed by atoms with van der Waals surface area (Å²) in [6.45, 7) is 4.12. The molecule has 2 heteroatoms. The third kappa shape index (κ3) is 1.18. The molecule has 2 nitrogen and oxygen atoms in total. The molecule has 1 aliphatic rings. The van der Waals surface area contributed by atoms with Crippen molar-refractivity contribution in [3.63, 3.8) is 0 Å². The highest BCUT2D eigenvalue weighted by atomic mass is 14.9. The average molecular weight is 142 g/mol. The van der Waals surface area contributed by atoms with E-state index in [4.69, 9.17) is 11.5 Å². The Morgan fingerprint density at radius 1 is 0.900 bits per heavy atom. The molecule has 0 aromatic heterocycles. The topological polar surface area (TPSA) is 52.0 Å². The van der Waals surface area contributed by atoms with Crippen LogP contribution in [0.2, 0.25) is 0 Å². The summed E-state index contributed by atoms with van der Waals surface area (Å²) in [5.41, 5.74) is 11.8. The third-order valence-electron chi connectivity index (χ3n) is 2.95. The van der Waals surface area contributed by atoms with Crippen molar-refractivity contribution in [2.45, 2.75) is 50.6 Å². The molecule has 0 aliphatic heterocycles. The lowest BCUT2D eigenvalue weighted by atomic mass is 9.70. The van der Waals surface area contributed by atoms with Crippen LogP contribution in [0.4, 0.5) is 0 Å². The lowest BCUT2D eigenvalue weighted by molar-refractivity contribution is 0.182. The van der Waals surface area contributed by atoms with Gasteiger partial charge >= 0.3 is 0 Å². The van der Waals surface area contributed by atoms with Crippen molar-refractivity contribution in [1.29, 1.82) is 0 Å². The highest BCUT2D eigenvalue weighted by molar-refractivity contribution is 5.03. The predicted molar refractivity (Wildman–Crippen MR) is 43.7 cm³/mol. The van der Waals surface area contributed by atoms with Crippen LogP contribution in [0.25, 0.3) is 0 Å². The first kappa shape index (κ1) is 8.02. The van der Waals surface area contributed by atoms with Crippen molar-refractivity contribution in [3.05, 3.63) is 0 Å². The Morgan fingerprint density at radius 2 is 1.20 bits per heavy atom. The van der Waals surface area contributed by atoms with Gasteiger partial charge in [-0.15, -0.1) is 0 Å². The first-order valence-electron chi connectivity index (χ1n) is 4.03. The molecule has 0 saturated heterocycles. The van der Waals surface area contributed by atoms with Gasteiger partial charge in [-0.2, -0.15) is 0 Å². The second kappa shape index (κ2) is 2.21. The van der Waals surface area contributed by atoms with Crippen molar-refractivity contribution in [2.24, 2.45) is 11.5 Å². The zero-order valence-corrected chi connectivity index (χ0v) is 6.98. The molecule has 2 atom stereocenters. The van der Waals surface area contributed by atoms with E-state index in [1.165, 1.54) is 12.8 Å². The second-order valence-corrected chi connectivity index (χ2v) is 4.04. The third-order valence-corrected chi connectivity index (χ3v) is 2.95. The van der Waals surface area contributed by atoms with E-state index in [2.05, 4.69) is 13.8 Å². The normalized spacial score (nSPS) is 49.2. The van der Waals surface area contributed by atoms with Crippen LogP contribution in [-0.2, 0) is 0 Å². The van der Waals surface area contributed by atoms with Crippen molar-refractivity contribution in [3.8, 4) is 0 Å². The molecule has 1 fully saturated rings. The first-order valence-corrected chi connectivity index (χ1v) is 4.03. The minimum Gasteiger partial charge on any atom is -0.324 e. The Morgan fingerprint density at radius 3 is 1.40 bits per heavy atom. The fourth-order valence-corrected chi connectivity index (χ4v) is 1.56. The quantitative estimate of drug-likeness (QED) is 0.530. The Labute approximate surface area is 63.0 Å². The molecule has 60 valence electrons. The molecule has 0 aromatic carbocycles. The zero-order valence-electron chi connectivity index (χ0n) is 6.98. The Bertz CT molecular complexity index is 111. The minimum atomic E-state index is -0.148. The van der Waals surface area contributed by atoms with Gasteiger partial charge in [0.15, 0.2) is 0 Å². The molecule has 1 rings (SSSR count). The summed E-state index contributed by atoms with van der Waals surface area (Å²) in [7, 11) is 0. The molecular formula is C8H18N2. The Kier molecular flexibility index (Phi) is 1.77. The summed E-state index contributed by atoms with van der Waals surface area (Å²) >= 11 is 0. The molecule has 0 radical (unpaired) electrons. The molecule has 0 bridgehead atoms. The number of nitrogens with two attached hydrogens (primary N) is 2. The van der Waals surface area contributed by atoms with Crippen molar-refractivity contribution in [2.75, 3.05) is 0 Å². The van der Waals surface area contributed by atoms with Crippen LogP contribution in [0, 0.1) is 0 Å². The maximum absolute atomic E-state index is 6.03. The van der Waals surface area contributed by atoms with Crippen LogP contribution >= 0.6 is 0 Å². The van der Waals surface area contributed by atoms with Gasteiger partial charge in [0, 0.05) is 11.1 Å². The number of hydrogen-bond acceptors (Lipinski definition) is 2. The second-order valence-electron chi connectivity index (χ2n) is 4.04. The SMILES string of the molecule is CC1(N)CCCC[C@@]1(C)N. The van der Waals surface area contributed by atoms with Gasteiger partial charge in [-0.25, -0.2) is 0 Å². The van der Waals surface area contributed by atoms with Gasteiger partial charge in [0.1, 0.15) is 0 Å². The van der Waals surface area contributed by atoms with Gasteiger partial charge in [-0.3, -0.25) is 0 Å². The summed E-state index contributed by atoms with van der Waals surface area (Å²) < 4.78 is 0. The molecule has 4 N–H and O–H groups in total. The summed E-state index contributed by atoms with van der Waals surface area (Å²) in [4.78, 5) is 0. The van der Waals surface area contributed by atoms with E-state index in [1.807, 2.05) is 0 Å². The Balaban J connectivity index is 2.70. The molecule has 0 spiro atoms. The highest BCUT2D eigenvalue weighted by Crippen LogP contribution is 2.32. The van der Waals surface area contributed by atoms with Crippen LogP contribution in [0.15, 0.2) is 0 Å². The van der Waals surface area contributed by atoms with Crippen molar-refractivity contribution in [1.82, 2.24) is 0 Å². The van der Waals surface area contributed by atoms with Crippen LogP contribution in [0.3, 0.4) is 0 Å². The van der Waals surface area contributed by atoms with E-state index in [0.717, 1.165) is 12.8 Å². The van der Waals surface area contributed by atoms with Gasteiger partial charge in [0.25, 0.3) is 0 Å². The van der Waals surface area contributed by atoms with Crippen molar-refractivity contribution < 1.29 is 0 Å². The largest absolute Gasteiger partial charge is 0.324 e. The first-order chi connectivity index (χ1) is 4.46. The van der Waals surface area contributed by atoms with Gasteiger partial charge < -0.3 is 11.5 Å². The summed E-state index contributed by atoms with van der Waals surface area (Å²) in [5, 5.41) is 0. The molecule has 0 aromatic rings. The summed E-state index contributed by atoms with van der Waals surface area (Å²) in [5.74, 6) is 0. The van der Waals surface area contributed by atoms with E-state index >= 15 is 0 Å². The molecule has 0 heterocycles.